The van der Waals surface area contributed by atoms with E-state index in [0.717, 1.165) is 11.3 Å². The second kappa shape index (κ2) is 6.77. The highest BCUT2D eigenvalue weighted by Gasteiger charge is 2.17. The number of hydrogen-bond acceptors (Lipinski definition) is 2. The molecule has 0 fully saturated rings. The number of halogens is 3. The Morgan fingerprint density at radius 1 is 0.950 bits per heavy atom. The molecule has 1 aromatic carbocycles. The summed E-state index contributed by atoms with van der Waals surface area (Å²) in [6.07, 6.45) is 1.78. The maximum absolute atomic E-state index is 6.25. The van der Waals surface area contributed by atoms with Crippen LogP contribution in [0.25, 0.3) is 0 Å². The molecule has 0 amide bonds. The molecule has 0 bridgehead atoms. The molecule has 20 heavy (non-hydrogen) atoms. The molecule has 1 aromatic heterocycles. The minimum atomic E-state index is 0.0364. The van der Waals surface area contributed by atoms with Gasteiger partial charge in [0.25, 0.3) is 0 Å². The van der Waals surface area contributed by atoms with Crippen molar-refractivity contribution in [3.63, 3.8) is 0 Å². The average Bonchev–Trinajstić information content (AvgIpc) is 2.45. The van der Waals surface area contributed by atoms with Crippen LogP contribution in [0.3, 0.4) is 0 Å². The molecular formula is C15H15Cl3N2. The van der Waals surface area contributed by atoms with E-state index in [0.29, 0.717) is 15.1 Å². The van der Waals surface area contributed by atoms with Gasteiger partial charge >= 0.3 is 0 Å². The second-order valence-corrected chi connectivity index (χ2v) is 5.79. The smallest absolute Gasteiger partial charge is 0.0781 e. The van der Waals surface area contributed by atoms with Crippen molar-refractivity contribution in [2.45, 2.75) is 25.9 Å². The third kappa shape index (κ3) is 3.44. The first-order valence-electron chi connectivity index (χ1n) is 6.31. The maximum atomic E-state index is 6.25. The summed E-state index contributed by atoms with van der Waals surface area (Å²) in [5, 5.41) is 4.80. The Hall–Kier alpha value is -0.800. The van der Waals surface area contributed by atoms with Gasteiger partial charge in [-0.15, -0.1) is 0 Å². The Morgan fingerprint density at radius 3 is 2.35 bits per heavy atom. The molecule has 1 unspecified atom stereocenters. The molecule has 0 saturated carbocycles. The van der Waals surface area contributed by atoms with Gasteiger partial charge in [-0.2, -0.15) is 0 Å². The van der Waals surface area contributed by atoms with Crippen LogP contribution < -0.4 is 5.32 Å². The van der Waals surface area contributed by atoms with Crippen LogP contribution in [0.4, 0.5) is 0 Å². The summed E-state index contributed by atoms with van der Waals surface area (Å²) in [5.41, 5.74) is 1.90. The van der Waals surface area contributed by atoms with E-state index < -0.39 is 0 Å². The molecule has 1 N–H and O–H groups in total. The second-order valence-electron chi connectivity index (χ2n) is 4.63. The van der Waals surface area contributed by atoms with E-state index in [1.54, 1.807) is 12.3 Å². The van der Waals surface area contributed by atoms with Crippen molar-refractivity contribution in [1.29, 1.82) is 0 Å². The van der Waals surface area contributed by atoms with Crippen LogP contribution >= 0.6 is 34.8 Å². The minimum Gasteiger partial charge on any atom is -0.302 e. The third-order valence-electron chi connectivity index (χ3n) is 3.16. The number of rotatable bonds is 4. The first-order chi connectivity index (χ1) is 9.50. The van der Waals surface area contributed by atoms with Gasteiger partial charge in [0.15, 0.2) is 0 Å². The molecule has 0 aliphatic heterocycles. The third-order valence-corrected chi connectivity index (χ3v) is 4.47. The van der Waals surface area contributed by atoms with Crippen LogP contribution in [0.2, 0.25) is 15.1 Å². The SMILES string of the molecule is CC(N[C@H](C)c1ccccn1)c1ccc(Cl)c(Cl)c1Cl. The summed E-state index contributed by atoms with van der Waals surface area (Å²) in [4.78, 5) is 4.34. The normalized spacial score (nSPS) is 14.1. The number of nitrogens with one attached hydrogen (secondary N) is 1. The number of aromatic nitrogens is 1. The summed E-state index contributed by atoms with van der Waals surface area (Å²) in [6.45, 7) is 4.09. The van der Waals surface area contributed by atoms with Crippen LogP contribution in [0.5, 0.6) is 0 Å². The van der Waals surface area contributed by atoms with Crippen molar-refractivity contribution in [2.24, 2.45) is 0 Å². The lowest BCUT2D eigenvalue weighted by atomic mass is 10.1. The van der Waals surface area contributed by atoms with E-state index in [9.17, 15) is 0 Å². The van der Waals surface area contributed by atoms with Crippen LogP contribution in [0.1, 0.15) is 37.2 Å². The summed E-state index contributed by atoms with van der Waals surface area (Å²) in [5.74, 6) is 0. The molecule has 5 heteroatoms. The highest BCUT2D eigenvalue weighted by Crippen LogP contribution is 2.35. The van der Waals surface area contributed by atoms with E-state index in [2.05, 4.69) is 17.2 Å². The van der Waals surface area contributed by atoms with Crippen molar-refractivity contribution in [3.8, 4) is 0 Å². The monoisotopic (exact) mass is 328 g/mol. The Morgan fingerprint density at radius 2 is 1.70 bits per heavy atom. The lowest BCUT2D eigenvalue weighted by Gasteiger charge is -2.21. The predicted octanol–water partition coefficient (Wildman–Crippen LogP) is 5.45. The molecule has 2 rings (SSSR count). The zero-order chi connectivity index (χ0) is 14.7. The molecule has 0 spiro atoms. The fourth-order valence-corrected chi connectivity index (χ4v) is 2.76. The molecule has 2 atom stereocenters. The molecule has 2 nitrogen and oxygen atoms in total. The van der Waals surface area contributed by atoms with Crippen LogP contribution in [-0.2, 0) is 0 Å². The van der Waals surface area contributed by atoms with E-state index in [4.69, 9.17) is 34.8 Å². The molecule has 0 saturated heterocycles. The van der Waals surface area contributed by atoms with Crippen molar-refractivity contribution < 1.29 is 0 Å². The van der Waals surface area contributed by atoms with Gasteiger partial charge in [-0.05, 0) is 37.6 Å². The molecule has 0 aliphatic rings. The minimum absolute atomic E-state index is 0.0364. The predicted molar refractivity (Wildman–Crippen MR) is 85.7 cm³/mol. The van der Waals surface area contributed by atoms with Gasteiger partial charge in [0.1, 0.15) is 0 Å². The van der Waals surface area contributed by atoms with E-state index >= 15 is 0 Å². The van der Waals surface area contributed by atoms with Crippen molar-refractivity contribution in [1.82, 2.24) is 10.3 Å². The summed E-state index contributed by atoms with van der Waals surface area (Å²) in [6, 6.07) is 9.65. The number of hydrogen-bond donors (Lipinski definition) is 1. The molecule has 1 heterocycles. The van der Waals surface area contributed by atoms with E-state index in [-0.39, 0.29) is 12.1 Å². The molecule has 106 valence electrons. The van der Waals surface area contributed by atoms with Gasteiger partial charge in [0.05, 0.1) is 20.8 Å². The Balaban J connectivity index is 2.17. The van der Waals surface area contributed by atoms with E-state index in [1.807, 2.05) is 31.2 Å². The lowest BCUT2D eigenvalue weighted by molar-refractivity contribution is 0.486. The quantitative estimate of drug-likeness (QED) is 0.754. The highest BCUT2D eigenvalue weighted by molar-refractivity contribution is 6.48. The van der Waals surface area contributed by atoms with Crippen molar-refractivity contribution >= 4 is 34.8 Å². The summed E-state index contributed by atoms with van der Waals surface area (Å²) >= 11 is 18.3. The van der Waals surface area contributed by atoms with Gasteiger partial charge in [-0.25, -0.2) is 0 Å². The number of nitrogens with zero attached hydrogens (tertiary/aromatic N) is 1. The van der Waals surface area contributed by atoms with Gasteiger partial charge in [-0.1, -0.05) is 46.9 Å². The van der Waals surface area contributed by atoms with Crippen molar-refractivity contribution in [2.75, 3.05) is 0 Å². The highest BCUT2D eigenvalue weighted by atomic mass is 35.5. The van der Waals surface area contributed by atoms with Gasteiger partial charge in [0, 0.05) is 18.3 Å². The Labute approximate surface area is 134 Å². The largest absolute Gasteiger partial charge is 0.302 e. The fourth-order valence-electron chi connectivity index (χ4n) is 2.06. The van der Waals surface area contributed by atoms with Gasteiger partial charge in [-0.3, -0.25) is 4.98 Å². The fraction of sp³-hybridized carbons (Fsp3) is 0.267. The first kappa shape index (κ1) is 15.6. The standard InChI is InChI=1S/C15H15Cl3N2/c1-9(11-6-7-12(16)15(18)14(11)17)20-10(2)13-5-3-4-8-19-13/h3-10,20H,1-2H3/t9?,10-/m1/s1. The van der Waals surface area contributed by atoms with E-state index in [1.165, 1.54) is 0 Å². The molecule has 0 aliphatic carbocycles. The van der Waals surface area contributed by atoms with Crippen LogP contribution in [0, 0.1) is 0 Å². The van der Waals surface area contributed by atoms with Crippen LogP contribution in [-0.4, -0.2) is 4.98 Å². The zero-order valence-corrected chi connectivity index (χ0v) is 13.5. The number of benzene rings is 1. The Kier molecular flexibility index (Phi) is 5.28. The van der Waals surface area contributed by atoms with Crippen LogP contribution in [0.15, 0.2) is 36.5 Å². The van der Waals surface area contributed by atoms with Crippen molar-refractivity contribution in [3.05, 3.63) is 62.9 Å². The average molecular weight is 330 g/mol. The topological polar surface area (TPSA) is 24.9 Å². The molecule has 2 aromatic rings. The molecule has 0 radical (unpaired) electrons. The van der Waals surface area contributed by atoms with Gasteiger partial charge < -0.3 is 5.32 Å². The summed E-state index contributed by atoms with van der Waals surface area (Å²) in [7, 11) is 0. The number of pyridine rings is 1. The van der Waals surface area contributed by atoms with Gasteiger partial charge in [0.2, 0.25) is 0 Å². The maximum Gasteiger partial charge on any atom is 0.0781 e. The molecular weight excluding hydrogens is 315 g/mol. The zero-order valence-electron chi connectivity index (χ0n) is 11.2. The lowest BCUT2D eigenvalue weighted by Crippen LogP contribution is -2.23. The first-order valence-corrected chi connectivity index (χ1v) is 7.44. The Bertz CT molecular complexity index is 587. The summed E-state index contributed by atoms with van der Waals surface area (Å²) < 4.78 is 0.